The highest BCUT2D eigenvalue weighted by Gasteiger charge is 2.39. The molecule has 1 unspecified atom stereocenters. The summed E-state index contributed by atoms with van der Waals surface area (Å²) in [4.78, 5) is 10.9. The molecule has 4 rings (SSSR count). The van der Waals surface area contributed by atoms with Crippen molar-refractivity contribution in [3.8, 4) is 5.69 Å². The van der Waals surface area contributed by atoms with Gasteiger partial charge in [0, 0.05) is 6.61 Å². The lowest BCUT2D eigenvalue weighted by molar-refractivity contribution is 0.191. The van der Waals surface area contributed by atoms with Gasteiger partial charge >= 0.3 is 0 Å². The molecule has 22 heavy (non-hydrogen) atoms. The molecular formula is C14H17ClN6O. The smallest absolute Gasteiger partial charge is 0.224 e. The van der Waals surface area contributed by atoms with E-state index >= 15 is 0 Å². The van der Waals surface area contributed by atoms with Crippen LogP contribution in [0.25, 0.3) is 5.69 Å². The van der Waals surface area contributed by atoms with Crippen molar-refractivity contribution in [1.29, 1.82) is 0 Å². The van der Waals surface area contributed by atoms with E-state index in [9.17, 15) is 0 Å². The number of rotatable bonds is 2. The monoisotopic (exact) mass is 320 g/mol. The van der Waals surface area contributed by atoms with Crippen LogP contribution in [0.4, 0.5) is 5.82 Å². The molecule has 0 aromatic carbocycles. The summed E-state index contributed by atoms with van der Waals surface area (Å²) in [5.41, 5.74) is 0.888. The predicted molar refractivity (Wildman–Crippen MR) is 81.4 cm³/mol. The maximum atomic E-state index is 6.06. The number of ether oxygens (including phenoxy) is 1. The van der Waals surface area contributed by atoms with Crippen molar-refractivity contribution in [2.45, 2.75) is 38.8 Å². The Morgan fingerprint density at radius 1 is 1.41 bits per heavy atom. The first kappa shape index (κ1) is 13.9. The number of aryl methyl sites for hydroxylation is 1. The Balaban J connectivity index is 1.94. The average Bonchev–Trinajstić information content (AvgIpc) is 3.16. The fourth-order valence-electron chi connectivity index (χ4n) is 3.41. The van der Waals surface area contributed by atoms with Gasteiger partial charge in [0.1, 0.15) is 11.5 Å². The molecule has 0 saturated carbocycles. The van der Waals surface area contributed by atoms with Crippen molar-refractivity contribution in [3.63, 3.8) is 0 Å². The minimum Gasteiger partial charge on any atom is -0.379 e. The minimum absolute atomic E-state index is 0.117. The molecule has 0 spiro atoms. The summed E-state index contributed by atoms with van der Waals surface area (Å²) in [7, 11) is 0. The highest BCUT2D eigenvalue weighted by Crippen LogP contribution is 2.41. The van der Waals surface area contributed by atoms with Crippen LogP contribution in [0, 0.1) is 6.92 Å². The van der Waals surface area contributed by atoms with Crippen molar-refractivity contribution in [2.24, 2.45) is 0 Å². The third-order valence-electron chi connectivity index (χ3n) is 4.38. The number of halogens is 1. The molecule has 0 amide bonds. The van der Waals surface area contributed by atoms with Gasteiger partial charge in [0.25, 0.3) is 0 Å². The molecule has 0 aliphatic carbocycles. The predicted octanol–water partition coefficient (Wildman–Crippen LogP) is 2.08. The molecule has 0 N–H and O–H groups in total. The fraction of sp³-hybridized carbons (Fsp3) is 0.571. The van der Waals surface area contributed by atoms with Gasteiger partial charge in [0.05, 0.1) is 24.9 Å². The van der Waals surface area contributed by atoms with Crippen molar-refractivity contribution in [1.82, 2.24) is 24.7 Å². The van der Waals surface area contributed by atoms with E-state index in [1.54, 1.807) is 6.20 Å². The second kappa shape index (κ2) is 5.17. The standard InChI is InChI=1S/C14H17ClN6O/c1-3-10-13-19-18-8(2)20(13)11-6-16-14(15)17-12(11)21(10)9-4-5-22-7-9/h6,9-10H,3-5,7H2,1-2H3/t9-,10?/m1/s1. The summed E-state index contributed by atoms with van der Waals surface area (Å²) in [5, 5.41) is 8.89. The molecule has 8 heteroatoms. The fourth-order valence-corrected chi connectivity index (χ4v) is 3.53. The van der Waals surface area contributed by atoms with Gasteiger partial charge < -0.3 is 9.64 Å². The van der Waals surface area contributed by atoms with Crippen LogP contribution in [0.15, 0.2) is 6.20 Å². The summed E-state index contributed by atoms with van der Waals surface area (Å²) >= 11 is 6.06. The summed E-state index contributed by atoms with van der Waals surface area (Å²) in [6.45, 7) is 5.56. The number of hydrogen-bond acceptors (Lipinski definition) is 6. The van der Waals surface area contributed by atoms with Gasteiger partial charge in [0.2, 0.25) is 5.28 Å². The van der Waals surface area contributed by atoms with Crippen LogP contribution in [0.3, 0.4) is 0 Å². The van der Waals surface area contributed by atoms with Gasteiger partial charge in [-0.1, -0.05) is 6.92 Å². The van der Waals surface area contributed by atoms with E-state index in [1.807, 2.05) is 11.5 Å². The first-order chi connectivity index (χ1) is 10.7. The van der Waals surface area contributed by atoms with Crippen LogP contribution in [0.1, 0.15) is 37.5 Å². The van der Waals surface area contributed by atoms with Crippen LogP contribution in [-0.4, -0.2) is 44.0 Å². The number of nitrogens with zero attached hydrogens (tertiary/aromatic N) is 6. The lowest BCUT2D eigenvalue weighted by Crippen LogP contribution is -2.43. The van der Waals surface area contributed by atoms with E-state index in [0.29, 0.717) is 6.61 Å². The second-order valence-electron chi connectivity index (χ2n) is 5.64. The van der Waals surface area contributed by atoms with Gasteiger partial charge in [-0.2, -0.15) is 4.98 Å². The lowest BCUT2D eigenvalue weighted by Gasteiger charge is -2.40. The number of anilines is 1. The quantitative estimate of drug-likeness (QED) is 0.789. The third kappa shape index (κ3) is 1.92. The van der Waals surface area contributed by atoms with Crippen molar-refractivity contribution in [3.05, 3.63) is 23.1 Å². The van der Waals surface area contributed by atoms with E-state index in [1.165, 1.54) is 0 Å². The molecule has 2 aliphatic heterocycles. The van der Waals surface area contributed by atoms with E-state index in [0.717, 1.165) is 42.6 Å². The summed E-state index contributed by atoms with van der Waals surface area (Å²) in [5.74, 6) is 2.62. The first-order valence-corrected chi connectivity index (χ1v) is 7.89. The van der Waals surface area contributed by atoms with Crippen LogP contribution < -0.4 is 4.90 Å². The van der Waals surface area contributed by atoms with Crippen molar-refractivity contribution < 1.29 is 4.74 Å². The van der Waals surface area contributed by atoms with Crippen molar-refractivity contribution >= 4 is 17.4 Å². The molecule has 0 bridgehead atoms. The summed E-state index contributed by atoms with van der Waals surface area (Å²) < 4.78 is 7.61. The van der Waals surface area contributed by atoms with E-state index in [-0.39, 0.29) is 17.4 Å². The van der Waals surface area contributed by atoms with Crippen LogP contribution in [0.2, 0.25) is 5.28 Å². The van der Waals surface area contributed by atoms with Gasteiger partial charge in [-0.3, -0.25) is 4.57 Å². The zero-order chi connectivity index (χ0) is 15.3. The van der Waals surface area contributed by atoms with E-state index in [4.69, 9.17) is 16.3 Å². The Hall–Kier alpha value is -1.73. The maximum absolute atomic E-state index is 6.06. The molecule has 2 atom stereocenters. The van der Waals surface area contributed by atoms with Gasteiger partial charge in [-0.05, 0) is 31.4 Å². The molecular weight excluding hydrogens is 304 g/mol. The van der Waals surface area contributed by atoms with E-state index < -0.39 is 0 Å². The Labute approximate surface area is 133 Å². The SMILES string of the molecule is CCC1c2nnc(C)n2-c2cnc(Cl)nc2N1[C@@H]1CCOC1. The molecule has 1 fully saturated rings. The highest BCUT2D eigenvalue weighted by atomic mass is 35.5. The first-order valence-electron chi connectivity index (χ1n) is 7.51. The molecule has 1 saturated heterocycles. The minimum atomic E-state index is 0.117. The summed E-state index contributed by atoms with van der Waals surface area (Å²) in [6.07, 6.45) is 3.64. The lowest BCUT2D eigenvalue weighted by atomic mass is 10.0. The Kier molecular flexibility index (Phi) is 3.27. The Morgan fingerprint density at radius 2 is 2.27 bits per heavy atom. The number of aromatic nitrogens is 5. The van der Waals surface area contributed by atoms with E-state index in [2.05, 4.69) is 32.0 Å². The normalized spacial score (nSPS) is 23.5. The Morgan fingerprint density at radius 3 is 3.00 bits per heavy atom. The molecule has 116 valence electrons. The largest absolute Gasteiger partial charge is 0.379 e. The topological polar surface area (TPSA) is 69.0 Å². The average molecular weight is 321 g/mol. The maximum Gasteiger partial charge on any atom is 0.224 e. The molecule has 2 aromatic heterocycles. The van der Waals surface area contributed by atoms with Crippen LogP contribution in [0.5, 0.6) is 0 Å². The van der Waals surface area contributed by atoms with Gasteiger partial charge in [0.15, 0.2) is 11.6 Å². The molecule has 7 nitrogen and oxygen atoms in total. The van der Waals surface area contributed by atoms with Gasteiger partial charge in [-0.15, -0.1) is 10.2 Å². The van der Waals surface area contributed by atoms with Crippen LogP contribution in [-0.2, 0) is 4.74 Å². The highest BCUT2D eigenvalue weighted by molar-refractivity contribution is 6.28. The second-order valence-corrected chi connectivity index (χ2v) is 5.98. The number of fused-ring (bicyclic) bond motifs is 3. The Bertz CT molecular complexity index is 711. The van der Waals surface area contributed by atoms with Crippen molar-refractivity contribution in [2.75, 3.05) is 18.1 Å². The van der Waals surface area contributed by atoms with Crippen LogP contribution >= 0.6 is 11.6 Å². The zero-order valence-electron chi connectivity index (χ0n) is 12.5. The molecule has 4 heterocycles. The molecule has 2 aliphatic rings. The zero-order valence-corrected chi connectivity index (χ0v) is 13.3. The third-order valence-corrected chi connectivity index (χ3v) is 4.56. The molecule has 0 radical (unpaired) electrons. The summed E-state index contributed by atoms with van der Waals surface area (Å²) in [6, 6.07) is 0.395. The molecule has 2 aromatic rings. The number of hydrogen-bond donors (Lipinski definition) is 0. The van der Waals surface area contributed by atoms with Gasteiger partial charge in [-0.25, -0.2) is 4.98 Å².